The Kier molecular flexibility index (Phi) is 3.15. The maximum Gasteiger partial charge on any atom is 0.132 e. The number of anilines is 1. The number of halogens is 2. The zero-order valence-electron chi connectivity index (χ0n) is 10.6. The molecular formula is C15H14ClFN2. The zero-order valence-corrected chi connectivity index (χ0v) is 11.3. The monoisotopic (exact) mass is 276 g/mol. The van der Waals surface area contributed by atoms with E-state index in [1.165, 1.54) is 6.07 Å². The quantitative estimate of drug-likeness (QED) is 0.828. The Labute approximate surface area is 116 Å². The van der Waals surface area contributed by atoms with Gasteiger partial charge in [-0.2, -0.15) is 0 Å². The lowest BCUT2D eigenvalue weighted by atomic mass is 10.1. The SMILES string of the molecule is Cc1cc(NC2CCc3c(F)cccc32)cnc1Cl. The summed E-state index contributed by atoms with van der Waals surface area (Å²) in [6, 6.07) is 7.38. The Bertz CT molecular complexity index is 628. The van der Waals surface area contributed by atoms with E-state index in [-0.39, 0.29) is 11.9 Å². The van der Waals surface area contributed by atoms with Gasteiger partial charge in [0.25, 0.3) is 0 Å². The van der Waals surface area contributed by atoms with Crippen LogP contribution in [-0.4, -0.2) is 4.98 Å². The second-order valence-corrected chi connectivity index (χ2v) is 5.23. The Morgan fingerprint density at radius 2 is 2.26 bits per heavy atom. The molecule has 1 unspecified atom stereocenters. The summed E-state index contributed by atoms with van der Waals surface area (Å²) in [5, 5.41) is 3.92. The minimum absolute atomic E-state index is 0.104. The molecule has 1 heterocycles. The molecule has 0 spiro atoms. The van der Waals surface area contributed by atoms with Crippen LogP contribution in [0.25, 0.3) is 0 Å². The Morgan fingerprint density at radius 3 is 3.05 bits per heavy atom. The molecule has 2 nitrogen and oxygen atoms in total. The molecular weight excluding hydrogens is 263 g/mol. The number of benzene rings is 1. The van der Waals surface area contributed by atoms with Crippen molar-refractivity contribution in [2.24, 2.45) is 0 Å². The lowest BCUT2D eigenvalue weighted by Gasteiger charge is -2.16. The second kappa shape index (κ2) is 4.82. The third-order valence-corrected chi connectivity index (χ3v) is 3.96. The minimum Gasteiger partial charge on any atom is -0.377 e. The van der Waals surface area contributed by atoms with Crippen molar-refractivity contribution in [3.63, 3.8) is 0 Å². The fourth-order valence-electron chi connectivity index (χ4n) is 2.60. The lowest BCUT2D eigenvalue weighted by Crippen LogP contribution is -2.07. The van der Waals surface area contributed by atoms with Crippen LogP contribution in [0, 0.1) is 12.7 Å². The van der Waals surface area contributed by atoms with Gasteiger partial charge in [-0.1, -0.05) is 23.7 Å². The summed E-state index contributed by atoms with van der Waals surface area (Å²) in [6.07, 6.45) is 3.39. The minimum atomic E-state index is -0.104. The molecule has 1 N–H and O–H groups in total. The van der Waals surface area contributed by atoms with Crippen LogP contribution >= 0.6 is 11.6 Å². The highest BCUT2D eigenvalue weighted by Crippen LogP contribution is 2.35. The average Bonchev–Trinajstić information content (AvgIpc) is 2.79. The molecule has 0 saturated carbocycles. The van der Waals surface area contributed by atoms with Crippen molar-refractivity contribution in [3.05, 3.63) is 58.1 Å². The molecule has 0 amide bonds. The van der Waals surface area contributed by atoms with Crippen molar-refractivity contribution in [1.29, 1.82) is 0 Å². The summed E-state index contributed by atoms with van der Waals surface area (Å²) in [7, 11) is 0. The molecule has 2 aromatic rings. The fraction of sp³-hybridized carbons (Fsp3) is 0.267. The zero-order chi connectivity index (χ0) is 13.4. The Balaban J connectivity index is 1.86. The topological polar surface area (TPSA) is 24.9 Å². The largest absolute Gasteiger partial charge is 0.377 e. The van der Waals surface area contributed by atoms with Crippen LogP contribution in [-0.2, 0) is 6.42 Å². The van der Waals surface area contributed by atoms with Gasteiger partial charge in [0.2, 0.25) is 0 Å². The third-order valence-electron chi connectivity index (χ3n) is 3.57. The Hall–Kier alpha value is -1.61. The predicted molar refractivity (Wildman–Crippen MR) is 75.1 cm³/mol. The first kappa shape index (κ1) is 12.4. The summed E-state index contributed by atoms with van der Waals surface area (Å²) in [5.41, 5.74) is 3.74. The molecule has 1 aliphatic rings. The summed E-state index contributed by atoms with van der Waals surface area (Å²) in [5.74, 6) is -0.104. The van der Waals surface area contributed by atoms with Gasteiger partial charge in [0.1, 0.15) is 11.0 Å². The van der Waals surface area contributed by atoms with E-state index < -0.39 is 0 Å². The molecule has 1 aromatic carbocycles. The molecule has 0 aliphatic heterocycles. The van der Waals surface area contributed by atoms with E-state index in [0.717, 1.165) is 35.2 Å². The summed E-state index contributed by atoms with van der Waals surface area (Å²) in [6.45, 7) is 1.92. The van der Waals surface area contributed by atoms with Gasteiger partial charge in [-0.3, -0.25) is 0 Å². The maximum atomic E-state index is 13.7. The smallest absolute Gasteiger partial charge is 0.132 e. The van der Waals surface area contributed by atoms with Crippen LogP contribution < -0.4 is 5.32 Å². The van der Waals surface area contributed by atoms with E-state index in [2.05, 4.69) is 10.3 Å². The van der Waals surface area contributed by atoms with E-state index in [1.54, 1.807) is 12.3 Å². The second-order valence-electron chi connectivity index (χ2n) is 4.87. The number of rotatable bonds is 2. The normalized spacial score (nSPS) is 17.3. The molecule has 1 aliphatic carbocycles. The number of nitrogens with zero attached hydrogens (tertiary/aromatic N) is 1. The van der Waals surface area contributed by atoms with Crippen LogP contribution in [0.4, 0.5) is 10.1 Å². The van der Waals surface area contributed by atoms with E-state index >= 15 is 0 Å². The summed E-state index contributed by atoms with van der Waals surface area (Å²) in [4.78, 5) is 4.12. The van der Waals surface area contributed by atoms with Gasteiger partial charge in [0.15, 0.2) is 0 Å². The first-order valence-corrected chi connectivity index (χ1v) is 6.69. The first-order chi connectivity index (χ1) is 9.15. The predicted octanol–water partition coefficient (Wildman–Crippen LogP) is 4.28. The van der Waals surface area contributed by atoms with Crippen molar-refractivity contribution in [3.8, 4) is 0 Å². The van der Waals surface area contributed by atoms with E-state index in [9.17, 15) is 4.39 Å². The average molecular weight is 277 g/mol. The standard InChI is InChI=1S/C15H14ClFN2/c1-9-7-10(8-18-15(9)16)19-14-6-5-11-12(14)3-2-4-13(11)17/h2-4,7-8,14,19H,5-6H2,1H3. The molecule has 0 bridgehead atoms. The fourth-order valence-corrected chi connectivity index (χ4v) is 2.70. The van der Waals surface area contributed by atoms with E-state index in [4.69, 9.17) is 11.6 Å². The van der Waals surface area contributed by atoms with Crippen LogP contribution in [0.2, 0.25) is 5.15 Å². The van der Waals surface area contributed by atoms with Gasteiger partial charge < -0.3 is 5.32 Å². The molecule has 0 saturated heterocycles. The van der Waals surface area contributed by atoms with E-state index in [1.807, 2.05) is 19.1 Å². The van der Waals surface area contributed by atoms with Crippen molar-refractivity contribution >= 4 is 17.3 Å². The van der Waals surface area contributed by atoms with Gasteiger partial charge in [-0.05, 0) is 48.6 Å². The highest BCUT2D eigenvalue weighted by atomic mass is 35.5. The van der Waals surface area contributed by atoms with Crippen molar-refractivity contribution < 1.29 is 4.39 Å². The number of nitrogens with one attached hydrogen (secondary N) is 1. The number of pyridine rings is 1. The van der Waals surface area contributed by atoms with E-state index in [0.29, 0.717) is 5.15 Å². The lowest BCUT2D eigenvalue weighted by molar-refractivity contribution is 0.612. The molecule has 3 rings (SSSR count). The number of hydrogen-bond acceptors (Lipinski definition) is 2. The highest BCUT2D eigenvalue weighted by molar-refractivity contribution is 6.30. The number of hydrogen-bond donors (Lipinski definition) is 1. The molecule has 4 heteroatoms. The summed E-state index contributed by atoms with van der Waals surface area (Å²) >= 11 is 5.91. The maximum absolute atomic E-state index is 13.7. The van der Waals surface area contributed by atoms with Crippen molar-refractivity contribution in [1.82, 2.24) is 4.98 Å². The van der Waals surface area contributed by atoms with Gasteiger partial charge in [0.05, 0.1) is 17.9 Å². The van der Waals surface area contributed by atoms with Gasteiger partial charge in [-0.15, -0.1) is 0 Å². The van der Waals surface area contributed by atoms with Gasteiger partial charge >= 0.3 is 0 Å². The van der Waals surface area contributed by atoms with Crippen molar-refractivity contribution in [2.45, 2.75) is 25.8 Å². The number of aromatic nitrogens is 1. The molecule has 19 heavy (non-hydrogen) atoms. The van der Waals surface area contributed by atoms with Gasteiger partial charge in [-0.25, -0.2) is 9.37 Å². The highest BCUT2D eigenvalue weighted by Gasteiger charge is 2.24. The van der Waals surface area contributed by atoms with Crippen molar-refractivity contribution in [2.75, 3.05) is 5.32 Å². The molecule has 0 radical (unpaired) electrons. The first-order valence-electron chi connectivity index (χ1n) is 6.31. The number of aryl methyl sites for hydroxylation is 1. The molecule has 98 valence electrons. The van der Waals surface area contributed by atoms with Crippen LogP contribution in [0.3, 0.4) is 0 Å². The summed E-state index contributed by atoms with van der Waals surface area (Å²) < 4.78 is 13.7. The molecule has 1 aromatic heterocycles. The van der Waals surface area contributed by atoms with Crippen LogP contribution in [0.5, 0.6) is 0 Å². The molecule has 0 fully saturated rings. The van der Waals surface area contributed by atoms with Crippen LogP contribution in [0.1, 0.15) is 29.2 Å². The number of fused-ring (bicyclic) bond motifs is 1. The third kappa shape index (κ3) is 2.30. The van der Waals surface area contributed by atoms with Gasteiger partial charge in [0, 0.05) is 0 Å². The van der Waals surface area contributed by atoms with Crippen LogP contribution in [0.15, 0.2) is 30.5 Å². The molecule has 1 atom stereocenters. The Morgan fingerprint density at radius 1 is 1.42 bits per heavy atom.